The van der Waals surface area contributed by atoms with E-state index in [2.05, 4.69) is 15.9 Å². The topological polar surface area (TPSA) is 70.8 Å². The molecule has 1 aromatic carbocycles. The van der Waals surface area contributed by atoms with Crippen molar-refractivity contribution in [3.05, 3.63) is 52.4 Å². The van der Waals surface area contributed by atoms with Crippen molar-refractivity contribution >= 4 is 33.5 Å². The molecular formula is C15H12BrNO4. The number of aliphatic carboxylic acids is 1. The van der Waals surface area contributed by atoms with Crippen molar-refractivity contribution in [2.75, 3.05) is 11.4 Å². The van der Waals surface area contributed by atoms with Crippen molar-refractivity contribution in [1.29, 1.82) is 0 Å². The van der Waals surface area contributed by atoms with Gasteiger partial charge in [-0.1, -0.05) is 18.2 Å². The molecule has 108 valence electrons. The third-order valence-corrected chi connectivity index (χ3v) is 4.25. The zero-order valence-corrected chi connectivity index (χ0v) is 12.5. The van der Waals surface area contributed by atoms with Crippen molar-refractivity contribution in [1.82, 2.24) is 0 Å². The third kappa shape index (κ3) is 2.35. The van der Waals surface area contributed by atoms with Crippen LogP contribution in [0.5, 0.6) is 0 Å². The van der Waals surface area contributed by atoms with Crippen LogP contribution in [0.25, 0.3) is 0 Å². The van der Waals surface area contributed by atoms with E-state index in [1.54, 1.807) is 35.2 Å². The second-order valence-electron chi connectivity index (χ2n) is 4.80. The van der Waals surface area contributed by atoms with Crippen molar-refractivity contribution in [2.45, 2.75) is 12.3 Å². The zero-order chi connectivity index (χ0) is 15.0. The van der Waals surface area contributed by atoms with Gasteiger partial charge in [-0.25, -0.2) is 0 Å². The summed E-state index contributed by atoms with van der Waals surface area (Å²) >= 11 is 3.20. The number of nitrogens with zero attached hydrogens (tertiary/aromatic N) is 1. The Morgan fingerprint density at radius 3 is 2.71 bits per heavy atom. The van der Waals surface area contributed by atoms with Crippen LogP contribution in [0.15, 0.2) is 45.7 Å². The highest BCUT2D eigenvalue weighted by molar-refractivity contribution is 9.10. The predicted molar refractivity (Wildman–Crippen MR) is 79.5 cm³/mol. The van der Waals surface area contributed by atoms with Crippen LogP contribution in [0.1, 0.15) is 28.3 Å². The number of hydrogen-bond acceptors (Lipinski definition) is 3. The lowest BCUT2D eigenvalue weighted by atomic mass is 9.89. The smallest absolute Gasteiger partial charge is 0.311 e. The molecule has 1 amide bonds. The van der Waals surface area contributed by atoms with Crippen molar-refractivity contribution in [3.63, 3.8) is 0 Å². The zero-order valence-electron chi connectivity index (χ0n) is 11.0. The molecule has 1 aliphatic heterocycles. The van der Waals surface area contributed by atoms with E-state index in [1.165, 1.54) is 6.26 Å². The lowest BCUT2D eigenvalue weighted by Crippen LogP contribution is -2.38. The van der Waals surface area contributed by atoms with Gasteiger partial charge in [0.2, 0.25) is 0 Å². The monoisotopic (exact) mass is 349 g/mol. The van der Waals surface area contributed by atoms with Gasteiger partial charge in [-0.3, -0.25) is 9.59 Å². The summed E-state index contributed by atoms with van der Waals surface area (Å²) in [4.78, 5) is 25.6. The van der Waals surface area contributed by atoms with Crippen LogP contribution < -0.4 is 4.90 Å². The van der Waals surface area contributed by atoms with E-state index in [9.17, 15) is 14.7 Å². The lowest BCUT2D eigenvalue weighted by molar-refractivity contribution is -0.139. The Morgan fingerprint density at radius 2 is 2.05 bits per heavy atom. The number of carboxylic acid groups (broad SMARTS) is 1. The number of carbonyl (C=O) groups excluding carboxylic acids is 1. The second kappa shape index (κ2) is 5.37. The van der Waals surface area contributed by atoms with Crippen LogP contribution in [0.3, 0.4) is 0 Å². The Hall–Kier alpha value is -2.08. The molecule has 0 aliphatic carbocycles. The van der Waals surface area contributed by atoms with E-state index in [0.717, 1.165) is 0 Å². The SMILES string of the molecule is O=C(O)C1CCN(C(=O)c2ccoc2Br)c2ccccc21. The molecule has 5 nitrogen and oxygen atoms in total. The van der Waals surface area contributed by atoms with Gasteiger partial charge in [0.25, 0.3) is 5.91 Å². The van der Waals surface area contributed by atoms with Crippen molar-refractivity contribution in [3.8, 4) is 0 Å². The summed E-state index contributed by atoms with van der Waals surface area (Å²) < 4.78 is 5.48. The van der Waals surface area contributed by atoms with Gasteiger partial charge < -0.3 is 14.4 Å². The summed E-state index contributed by atoms with van der Waals surface area (Å²) in [7, 11) is 0. The van der Waals surface area contributed by atoms with Gasteiger partial charge in [0, 0.05) is 12.2 Å². The van der Waals surface area contributed by atoms with Crippen molar-refractivity contribution in [2.24, 2.45) is 0 Å². The Labute approximate surface area is 129 Å². The Bertz CT molecular complexity index is 709. The van der Waals surface area contributed by atoms with Crippen LogP contribution in [0.2, 0.25) is 0 Å². The van der Waals surface area contributed by atoms with E-state index in [4.69, 9.17) is 4.42 Å². The highest BCUT2D eigenvalue weighted by Crippen LogP contribution is 2.36. The fourth-order valence-electron chi connectivity index (χ4n) is 2.62. The van der Waals surface area contributed by atoms with Gasteiger partial charge in [-0.15, -0.1) is 0 Å². The molecule has 0 saturated carbocycles. The molecule has 1 aliphatic rings. The number of halogens is 1. The highest BCUT2D eigenvalue weighted by atomic mass is 79.9. The van der Waals surface area contributed by atoms with Crippen LogP contribution in [0, 0.1) is 0 Å². The maximum Gasteiger partial charge on any atom is 0.311 e. The highest BCUT2D eigenvalue weighted by Gasteiger charge is 2.33. The Kier molecular flexibility index (Phi) is 3.55. The van der Waals surface area contributed by atoms with Crippen LogP contribution in [0.4, 0.5) is 5.69 Å². The van der Waals surface area contributed by atoms with E-state index in [0.29, 0.717) is 34.4 Å². The van der Waals surface area contributed by atoms with Gasteiger partial charge in [-0.2, -0.15) is 0 Å². The molecule has 2 aromatic rings. The number of rotatable bonds is 2. The van der Waals surface area contributed by atoms with E-state index in [-0.39, 0.29) is 5.91 Å². The number of anilines is 1. The maximum absolute atomic E-state index is 12.6. The average Bonchev–Trinajstić information content (AvgIpc) is 2.91. The first-order valence-corrected chi connectivity index (χ1v) is 7.25. The standard InChI is InChI=1S/C15H12BrNO4/c16-13-11(6-8-21-13)14(18)17-7-5-10(15(19)20)9-3-1-2-4-12(9)17/h1-4,6,8,10H,5,7H2,(H,19,20). The van der Waals surface area contributed by atoms with Gasteiger partial charge in [0.05, 0.1) is 17.7 Å². The first kappa shape index (κ1) is 13.9. The molecule has 0 saturated heterocycles. The number of fused-ring (bicyclic) bond motifs is 1. The summed E-state index contributed by atoms with van der Waals surface area (Å²) in [5.41, 5.74) is 1.75. The molecular weight excluding hydrogens is 338 g/mol. The van der Waals surface area contributed by atoms with E-state index in [1.807, 2.05) is 0 Å². The summed E-state index contributed by atoms with van der Waals surface area (Å²) in [6.45, 7) is 0.366. The predicted octanol–water partition coefficient (Wildman–Crippen LogP) is 3.26. The first-order valence-electron chi connectivity index (χ1n) is 6.46. The van der Waals surface area contributed by atoms with Crippen LogP contribution in [-0.4, -0.2) is 23.5 Å². The second-order valence-corrected chi connectivity index (χ2v) is 5.52. The molecule has 1 unspecified atom stereocenters. The van der Waals surface area contributed by atoms with Gasteiger partial charge >= 0.3 is 5.97 Å². The average molecular weight is 350 g/mol. The summed E-state index contributed by atoms with van der Waals surface area (Å²) in [6, 6.07) is 8.72. The molecule has 21 heavy (non-hydrogen) atoms. The number of hydrogen-bond donors (Lipinski definition) is 1. The molecule has 1 N–H and O–H groups in total. The molecule has 0 fully saturated rings. The molecule has 0 bridgehead atoms. The number of carbonyl (C=O) groups is 2. The number of benzene rings is 1. The number of furan rings is 1. The molecule has 0 radical (unpaired) electrons. The fourth-order valence-corrected chi connectivity index (χ4v) is 3.03. The molecule has 1 aromatic heterocycles. The third-order valence-electron chi connectivity index (χ3n) is 3.64. The summed E-state index contributed by atoms with van der Waals surface area (Å²) in [5, 5.41) is 9.31. The van der Waals surface area contributed by atoms with Crippen LogP contribution >= 0.6 is 15.9 Å². The lowest BCUT2D eigenvalue weighted by Gasteiger charge is -2.32. The Morgan fingerprint density at radius 1 is 1.29 bits per heavy atom. The van der Waals surface area contributed by atoms with Gasteiger partial charge in [0.1, 0.15) is 0 Å². The normalized spacial score (nSPS) is 17.4. The summed E-state index contributed by atoms with van der Waals surface area (Å²) in [6.07, 6.45) is 1.83. The number of carboxylic acids is 1. The molecule has 1 atom stereocenters. The van der Waals surface area contributed by atoms with Gasteiger partial charge in [-0.05, 0) is 40.0 Å². The number of amides is 1. The molecule has 3 rings (SSSR count). The van der Waals surface area contributed by atoms with Crippen molar-refractivity contribution < 1.29 is 19.1 Å². The molecule has 2 heterocycles. The summed E-state index contributed by atoms with van der Waals surface area (Å²) in [5.74, 6) is -1.64. The van der Waals surface area contributed by atoms with Gasteiger partial charge in [0.15, 0.2) is 4.67 Å². The largest absolute Gasteiger partial charge is 0.481 e. The van der Waals surface area contributed by atoms with Crippen LogP contribution in [-0.2, 0) is 4.79 Å². The minimum Gasteiger partial charge on any atom is -0.481 e. The number of para-hydroxylation sites is 1. The maximum atomic E-state index is 12.6. The quantitative estimate of drug-likeness (QED) is 0.903. The van der Waals surface area contributed by atoms with E-state index < -0.39 is 11.9 Å². The fraction of sp³-hybridized carbons (Fsp3) is 0.200. The molecule has 6 heteroatoms. The van der Waals surface area contributed by atoms with E-state index >= 15 is 0 Å². The first-order chi connectivity index (χ1) is 10.1. The minimum atomic E-state index is -0.862. The minimum absolute atomic E-state index is 0.202. The Balaban J connectivity index is 2.02. The molecule has 0 spiro atoms.